The number of carbonyl (C=O) groups excluding carboxylic acids is 2. The molecule has 0 bridgehead atoms. The van der Waals surface area contributed by atoms with Crippen LogP contribution >= 0.6 is 0 Å². The van der Waals surface area contributed by atoms with E-state index in [1.54, 1.807) is 24.3 Å². The third-order valence-electron chi connectivity index (χ3n) is 6.78. The lowest BCUT2D eigenvalue weighted by molar-refractivity contribution is 0.0698. The van der Waals surface area contributed by atoms with E-state index in [0.717, 1.165) is 56.9 Å². The minimum atomic E-state index is -1.08. The smallest absolute Gasteiger partial charge is 0.336 e. The van der Waals surface area contributed by atoms with Crippen LogP contribution in [0, 0.1) is 12.8 Å². The zero-order chi connectivity index (χ0) is 21.3. The highest BCUT2D eigenvalue weighted by molar-refractivity contribution is 6.20. The average molecular weight is 408 g/mol. The third-order valence-corrected chi connectivity index (χ3v) is 6.78. The van der Waals surface area contributed by atoms with Crippen molar-refractivity contribution in [2.45, 2.75) is 70.8 Å². The monoisotopic (exact) mass is 407 g/mol. The Morgan fingerprint density at radius 1 is 0.867 bits per heavy atom. The summed E-state index contributed by atoms with van der Waals surface area (Å²) in [5.74, 6) is -0.922. The van der Waals surface area contributed by atoms with E-state index in [1.165, 1.54) is 0 Å². The molecule has 2 aliphatic carbocycles. The molecule has 0 radical (unpaired) electrons. The van der Waals surface area contributed by atoms with Crippen molar-refractivity contribution in [3.63, 3.8) is 0 Å². The van der Waals surface area contributed by atoms with Gasteiger partial charge in [0, 0.05) is 29.0 Å². The number of ketones is 1. The molecule has 30 heavy (non-hydrogen) atoms. The van der Waals surface area contributed by atoms with E-state index in [1.807, 2.05) is 6.92 Å². The minimum Gasteiger partial charge on any atom is -0.478 e. The molecule has 0 saturated heterocycles. The van der Waals surface area contributed by atoms with Gasteiger partial charge in [0.25, 0.3) is 5.91 Å². The molecule has 0 aromatic heterocycles. The summed E-state index contributed by atoms with van der Waals surface area (Å²) in [6.45, 7) is 1.87. The first-order chi connectivity index (χ1) is 14.5. The molecule has 2 aromatic rings. The molecule has 2 aliphatic rings. The van der Waals surface area contributed by atoms with Gasteiger partial charge in [0.1, 0.15) is 0 Å². The van der Waals surface area contributed by atoms with Crippen LogP contribution in [0.1, 0.15) is 94.4 Å². The summed E-state index contributed by atoms with van der Waals surface area (Å²) >= 11 is 0. The molecular weight excluding hydrogens is 378 g/mol. The maximum absolute atomic E-state index is 13.2. The Bertz CT molecular complexity index is 998. The van der Waals surface area contributed by atoms with Gasteiger partial charge in [-0.15, -0.1) is 0 Å². The van der Waals surface area contributed by atoms with Crippen LogP contribution in [0.5, 0.6) is 0 Å². The molecule has 0 heterocycles. The Hall–Kier alpha value is -2.69. The van der Waals surface area contributed by atoms with Crippen molar-refractivity contribution in [3.05, 3.63) is 46.5 Å². The van der Waals surface area contributed by atoms with E-state index in [9.17, 15) is 19.5 Å². The first-order valence-electron chi connectivity index (χ1n) is 11.1. The Morgan fingerprint density at radius 3 is 2.13 bits per heavy atom. The number of hydrogen-bond acceptors (Lipinski definition) is 3. The van der Waals surface area contributed by atoms with Gasteiger partial charge in [0.2, 0.25) is 0 Å². The van der Waals surface area contributed by atoms with Gasteiger partial charge >= 0.3 is 5.97 Å². The standard InChI is InChI=1S/C25H29NO4/c1-15-10-11-20(25(29)30)23-18(21(27)14-16-6-2-3-7-16)12-13-19(22(15)23)24(28)26-17-8-4-5-9-17/h10-13,16-17H,2-9,14H2,1H3,(H,26,28)(H,29,30). The fourth-order valence-electron chi connectivity index (χ4n) is 5.19. The fourth-order valence-corrected chi connectivity index (χ4v) is 5.19. The molecule has 2 aromatic carbocycles. The third kappa shape index (κ3) is 3.98. The lowest BCUT2D eigenvalue weighted by Crippen LogP contribution is -2.32. The summed E-state index contributed by atoms with van der Waals surface area (Å²) in [6, 6.07) is 6.80. The second-order valence-corrected chi connectivity index (χ2v) is 8.88. The summed E-state index contributed by atoms with van der Waals surface area (Å²) in [6.07, 6.45) is 9.02. The van der Waals surface area contributed by atoms with Crippen molar-refractivity contribution in [1.82, 2.24) is 5.32 Å². The van der Waals surface area contributed by atoms with E-state index < -0.39 is 5.97 Å². The summed E-state index contributed by atoms with van der Waals surface area (Å²) in [7, 11) is 0. The molecule has 2 fully saturated rings. The van der Waals surface area contributed by atoms with Crippen molar-refractivity contribution < 1.29 is 19.5 Å². The van der Waals surface area contributed by atoms with E-state index in [2.05, 4.69) is 5.32 Å². The van der Waals surface area contributed by atoms with Crippen LogP contribution in [0.3, 0.4) is 0 Å². The summed E-state index contributed by atoms with van der Waals surface area (Å²) in [5, 5.41) is 13.9. The molecule has 0 spiro atoms. The van der Waals surface area contributed by atoms with Crippen LogP contribution in [-0.2, 0) is 0 Å². The van der Waals surface area contributed by atoms with Gasteiger partial charge in [-0.3, -0.25) is 9.59 Å². The number of Topliss-reactive ketones (excluding diaryl/α,β-unsaturated/α-hetero) is 1. The quantitative estimate of drug-likeness (QED) is 0.638. The second kappa shape index (κ2) is 8.58. The molecule has 2 saturated carbocycles. The number of carbonyl (C=O) groups is 3. The molecule has 5 nitrogen and oxygen atoms in total. The van der Waals surface area contributed by atoms with Crippen molar-refractivity contribution >= 4 is 28.4 Å². The van der Waals surface area contributed by atoms with Gasteiger partial charge in [-0.25, -0.2) is 4.79 Å². The molecule has 5 heteroatoms. The zero-order valence-corrected chi connectivity index (χ0v) is 17.5. The van der Waals surface area contributed by atoms with Gasteiger partial charge in [-0.05, 0) is 54.8 Å². The largest absolute Gasteiger partial charge is 0.478 e. The maximum Gasteiger partial charge on any atom is 0.336 e. The lowest BCUT2D eigenvalue weighted by atomic mass is 9.88. The van der Waals surface area contributed by atoms with Gasteiger partial charge in [0.05, 0.1) is 5.56 Å². The van der Waals surface area contributed by atoms with E-state index in [4.69, 9.17) is 0 Å². The Kier molecular flexibility index (Phi) is 5.89. The van der Waals surface area contributed by atoms with E-state index in [0.29, 0.717) is 34.2 Å². The lowest BCUT2D eigenvalue weighted by Gasteiger charge is -2.18. The van der Waals surface area contributed by atoms with Gasteiger partial charge < -0.3 is 10.4 Å². The predicted octanol–water partition coefficient (Wildman–Crippen LogP) is 5.28. The predicted molar refractivity (Wildman–Crippen MR) is 116 cm³/mol. The average Bonchev–Trinajstić information content (AvgIpc) is 3.41. The molecule has 0 aliphatic heterocycles. The number of aryl methyl sites for hydroxylation is 1. The van der Waals surface area contributed by atoms with Gasteiger partial charge in [-0.1, -0.05) is 44.6 Å². The van der Waals surface area contributed by atoms with Crippen molar-refractivity contribution in [1.29, 1.82) is 0 Å². The fraction of sp³-hybridized carbons (Fsp3) is 0.480. The Labute approximate surface area is 176 Å². The SMILES string of the molecule is Cc1ccc(C(=O)O)c2c(C(=O)CC3CCCC3)ccc(C(=O)NC3CCCC3)c12. The second-order valence-electron chi connectivity index (χ2n) is 8.88. The first kappa shape index (κ1) is 20.6. The number of benzene rings is 2. The van der Waals surface area contributed by atoms with Gasteiger partial charge in [0.15, 0.2) is 5.78 Å². The van der Waals surface area contributed by atoms with E-state index >= 15 is 0 Å². The molecule has 1 amide bonds. The normalized spacial score (nSPS) is 17.5. The number of rotatable bonds is 6. The number of fused-ring (bicyclic) bond motifs is 1. The van der Waals surface area contributed by atoms with Gasteiger partial charge in [-0.2, -0.15) is 0 Å². The number of nitrogens with one attached hydrogen (secondary N) is 1. The Morgan fingerprint density at radius 2 is 1.47 bits per heavy atom. The van der Waals surface area contributed by atoms with Crippen LogP contribution in [0.25, 0.3) is 10.8 Å². The molecular formula is C25H29NO4. The number of aromatic carboxylic acids is 1. The number of carboxylic acids is 1. The summed E-state index contributed by atoms with van der Waals surface area (Å²) < 4.78 is 0. The zero-order valence-electron chi connectivity index (χ0n) is 17.5. The highest BCUT2D eigenvalue weighted by Gasteiger charge is 2.26. The van der Waals surface area contributed by atoms with E-state index in [-0.39, 0.29) is 23.3 Å². The maximum atomic E-state index is 13.2. The number of amides is 1. The topological polar surface area (TPSA) is 83.5 Å². The minimum absolute atomic E-state index is 0.0252. The van der Waals surface area contributed by atoms with Crippen LogP contribution in [0.15, 0.2) is 24.3 Å². The van der Waals surface area contributed by atoms with Crippen LogP contribution < -0.4 is 5.32 Å². The Balaban J connectivity index is 1.80. The summed E-state index contributed by atoms with van der Waals surface area (Å²) in [4.78, 5) is 38.2. The molecule has 2 N–H and O–H groups in total. The highest BCUT2D eigenvalue weighted by Crippen LogP contribution is 2.34. The molecule has 158 valence electrons. The molecule has 0 unspecified atom stereocenters. The highest BCUT2D eigenvalue weighted by atomic mass is 16.4. The van der Waals surface area contributed by atoms with Crippen molar-refractivity contribution in [3.8, 4) is 0 Å². The summed E-state index contributed by atoms with van der Waals surface area (Å²) in [5.41, 5.74) is 1.77. The number of hydrogen-bond donors (Lipinski definition) is 2. The van der Waals surface area contributed by atoms with Crippen molar-refractivity contribution in [2.24, 2.45) is 5.92 Å². The van der Waals surface area contributed by atoms with Crippen molar-refractivity contribution in [2.75, 3.05) is 0 Å². The van der Waals surface area contributed by atoms with Crippen LogP contribution in [0.4, 0.5) is 0 Å². The molecule has 4 rings (SSSR count). The molecule has 0 atom stereocenters. The first-order valence-corrected chi connectivity index (χ1v) is 11.1. The van der Waals surface area contributed by atoms with Crippen LogP contribution in [0.2, 0.25) is 0 Å². The van der Waals surface area contributed by atoms with Crippen LogP contribution in [-0.4, -0.2) is 28.8 Å². The number of carboxylic acid groups (broad SMARTS) is 1.